The average molecular weight is 190 g/mol. The van der Waals surface area contributed by atoms with Crippen LogP contribution in [0.4, 0.5) is 0 Å². The van der Waals surface area contributed by atoms with Crippen molar-refractivity contribution in [1.82, 2.24) is 0 Å². The highest BCUT2D eigenvalue weighted by atomic mass is 16.5. The second-order valence-corrected chi connectivity index (χ2v) is 3.51. The molecule has 0 aliphatic heterocycles. The molecular weight excluding hydrogens is 176 g/mol. The van der Waals surface area contributed by atoms with Gasteiger partial charge in [-0.15, -0.1) is 0 Å². The van der Waals surface area contributed by atoms with Crippen LogP contribution in [0.25, 0.3) is 0 Å². The highest BCUT2D eigenvalue weighted by Gasteiger charge is 2.19. The average Bonchev–Trinajstić information content (AvgIpc) is 2.57. The van der Waals surface area contributed by atoms with E-state index in [1.807, 2.05) is 18.2 Å². The predicted molar refractivity (Wildman–Crippen MR) is 55.4 cm³/mol. The molecule has 0 bridgehead atoms. The molecule has 1 N–H and O–H groups in total. The van der Waals surface area contributed by atoms with Crippen LogP contribution in [-0.2, 0) is 6.42 Å². The Morgan fingerprint density at radius 1 is 1.57 bits per heavy atom. The van der Waals surface area contributed by atoms with Gasteiger partial charge in [-0.1, -0.05) is 18.7 Å². The van der Waals surface area contributed by atoms with Crippen LogP contribution in [0, 0.1) is 0 Å². The number of hydrogen-bond acceptors (Lipinski definition) is 2. The summed E-state index contributed by atoms with van der Waals surface area (Å²) in [5.74, 6) is 0.859. The van der Waals surface area contributed by atoms with Crippen LogP contribution in [-0.4, -0.2) is 11.7 Å². The van der Waals surface area contributed by atoms with E-state index in [-0.39, 0.29) is 6.10 Å². The highest BCUT2D eigenvalue weighted by Crippen LogP contribution is 2.33. The quantitative estimate of drug-likeness (QED) is 0.740. The summed E-state index contributed by atoms with van der Waals surface area (Å²) in [7, 11) is 0. The maximum Gasteiger partial charge on any atom is 0.120 e. The molecule has 0 fully saturated rings. The molecule has 0 amide bonds. The van der Waals surface area contributed by atoms with Gasteiger partial charge < -0.3 is 9.84 Å². The van der Waals surface area contributed by atoms with Gasteiger partial charge in [0, 0.05) is 0 Å². The second kappa shape index (κ2) is 3.84. The number of hydrogen-bond donors (Lipinski definition) is 1. The van der Waals surface area contributed by atoms with Gasteiger partial charge >= 0.3 is 0 Å². The van der Waals surface area contributed by atoms with Gasteiger partial charge in [0.05, 0.1) is 6.10 Å². The lowest BCUT2D eigenvalue weighted by Gasteiger charge is -2.07. The zero-order valence-electron chi connectivity index (χ0n) is 8.07. The summed E-state index contributed by atoms with van der Waals surface area (Å²) in [5.41, 5.74) is 2.26. The third kappa shape index (κ3) is 1.66. The number of aryl methyl sites for hydroxylation is 1. The lowest BCUT2D eigenvalue weighted by Crippen LogP contribution is -1.95. The largest absolute Gasteiger partial charge is 0.490 e. The summed E-state index contributed by atoms with van der Waals surface area (Å²) in [6, 6.07) is 5.86. The predicted octanol–water partition coefficient (Wildman–Crippen LogP) is 2.23. The minimum absolute atomic E-state index is 0.279. The fourth-order valence-corrected chi connectivity index (χ4v) is 1.82. The molecule has 0 heterocycles. The van der Waals surface area contributed by atoms with Gasteiger partial charge in [-0.25, -0.2) is 0 Å². The van der Waals surface area contributed by atoms with Crippen LogP contribution in [0.3, 0.4) is 0 Å². The number of ether oxygens (including phenoxy) is 1. The lowest BCUT2D eigenvalue weighted by molar-refractivity contribution is 0.180. The van der Waals surface area contributed by atoms with Crippen molar-refractivity contribution in [2.24, 2.45) is 0 Å². The number of rotatable bonds is 3. The van der Waals surface area contributed by atoms with Crippen molar-refractivity contribution in [2.75, 3.05) is 6.61 Å². The maximum atomic E-state index is 9.59. The molecule has 14 heavy (non-hydrogen) atoms. The van der Waals surface area contributed by atoms with E-state index in [0.717, 1.165) is 24.2 Å². The molecule has 74 valence electrons. The first-order valence-corrected chi connectivity index (χ1v) is 4.86. The highest BCUT2D eigenvalue weighted by molar-refractivity contribution is 5.39. The molecule has 0 unspecified atom stereocenters. The topological polar surface area (TPSA) is 29.5 Å². The normalized spacial score (nSPS) is 19.1. The summed E-state index contributed by atoms with van der Waals surface area (Å²) < 4.78 is 5.42. The minimum Gasteiger partial charge on any atom is -0.490 e. The summed E-state index contributed by atoms with van der Waals surface area (Å²) in [6.07, 6.45) is 3.22. The van der Waals surface area contributed by atoms with E-state index >= 15 is 0 Å². The van der Waals surface area contributed by atoms with E-state index in [4.69, 9.17) is 4.74 Å². The lowest BCUT2D eigenvalue weighted by atomic mass is 10.1. The zero-order valence-corrected chi connectivity index (χ0v) is 8.07. The first kappa shape index (κ1) is 9.28. The number of benzene rings is 1. The van der Waals surface area contributed by atoms with Gasteiger partial charge in [0.1, 0.15) is 12.4 Å². The van der Waals surface area contributed by atoms with Crippen LogP contribution in [0.1, 0.15) is 23.7 Å². The summed E-state index contributed by atoms with van der Waals surface area (Å²) in [6.45, 7) is 4.12. The van der Waals surface area contributed by atoms with Crippen molar-refractivity contribution in [2.45, 2.75) is 18.9 Å². The van der Waals surface area contributed by atoms with Gasteiger partial charge in [-0.2, -0.15) is 0 Å². The molecule has 1 aromatic rings. The number of aliphatic hydroxyl groups excluding tert-OH is 1. The van der Waals surface area contributed by atoms with E-state index in [2.05, 4.69) is 6.58 Å². The van der Waals surface area contributed by atoms with E-state index in [1.165, 1.54) is 5.56 Å². The standard InChI is InChI=1S/C12H14O2/c1-2-7-14-10-4-5-11-9(8-10)3-6-12(11)13/h2,4-5,8,12-13H,1,3,6-7H2/t12-/m1/s1. The third-order valence-electron chi connectivity index (χ3n) is 2.53. The van der Waals surface area contributed by atoms with Crippen molar-refractivity contribution >= 4 is 0 Å². The molecule has 0 saturated heterocycles. The van der Waals surface area contributed by atoms with Crippen LogP contribution in [0.5, 0.6) is 5.75 Å². The minimum atomic E-state index is -0.279. The van der Waals surface area contributed by atoms with Gasteiger partial charge in [0.25, 0.3) is 0 Å². The molecule has 1 aromatic carbocycles. The molecule has 0 radical (unpaired) electrons. The third-order valence-corrected chi connectivity index (χ3v) is 2.53. The fraction of sp³-hybridized carbons (Fsp3) is 0.333. The number of aliphatic hydroxyl groups is 1. The van der Waals surface area contributed by atoms with Crippen molar-refractivity contribution in [3.63, 3.8) is 0 Å². The van der Waals surface area contributed by atoms with Crippen molar-refractivity contribution in [3.8, 4) is 5.75 Å². The Bertz CT molecular complexity index is 344. The molecule has 2 rings (SSSR count). The summed E-state index contributed by atoms with van der Waals surface area (Å²) in [4.78, 5) is 0. The SMILES string of the molecule is C=CCOc1ccc2c(c1)CC[C@H]2O. The van der Waals surface area contributed by atoms with Gasteiger partial charge in [-0.05, 0) is 36.1 Å². The van der Waals surface area contributed by atoms with E-state index in [1.54, 1.807) is 6.08 Å². The van der Waals surface area contributed by atoms with Gasteiger partial charge in [0.2, 0.25) is 0 Å². The van der Waals surface area contributed by atoms with E-state index in [0.29, 0.717) is 6.61 Å². The maximum absolute atomic E-state index is 9.59. The molecule has 2 heteroatoms. The van der Waals surface area contributed by atoms with Crippen LogP contribution in [0.2, 0.25) is 0 Å². The van der Waals surface area contributed by atoms with Crippen LogP contribution in [0.15, 0.2) is 30.9 Å². The first-order chi connectivity index (χ1) is 6.81. The Morgan fingerprint density at radius 3 is 3.21 bits per heavy atom. The number of fused-ring (bicyclic) bond motifs is 1. The molecule has 0 spiro atoms. The van der Waals surface area contributed by atoms with Gasteiger partial charge in [0.15, 0.2) is 0 Å². The first-order valence-electron chi connectivity index (χ1n) is 4.86. The monoisotopic (exact) mass is 190 g/mol. The van der Waals surface area contributed by atoms with Crippen molar-refractivity contribution in [1.29, 1.82) is 0 Å². The molecule has 1 aliphatic carbocycles. The van der Waals surface area contributed by atoms with Crippen LogP contribution < -0.4 is 4.74 Å². The van der Waals surface area contributed by atoms with E-state index in [9.17, 15) is 5.11 Å². The molecule has 1 aliphatic rings. The molecule has 2 nitrogen and oxygen atoms in total. The molecular formula is C12H14O2. The Balaban J connectivity index is 2.19. The van der Waals surface area contributed by atoms with Gasteiger partial charge in [-0.3, -0.25) is 0 Å². The molecule has 1 atom stereocenters. The summed E-state index contributed by atoms with van der Waals surface area (Å²) in [5, 5.41) is 9.59. The van der Waals surface area contributed by atoms with Crippen molar-refractivity contribution in [3.05, 3.63) is 42.0 Å². The molecule has 0 saturated carbocycles. The van der Waals surface area contributed by atoms with E-state index < -0.39 is 0 Å². The Hall–Kier alpha value is -1.28. The fourth-order valence-electron chi connectivity index (χ4n) is 1.82. The van der Waals surface area contributed by atoms with Crippen molar-refractivity contribution < 1.29 is 9.84 Å². The van der Waals surface area contributed by atoms with Crippen LogP contribution >= 0.6 is 0 Å². The molecule has 0 aromatic heterocycles. The summed E-state index contributed by atoms with van der Waals surface area (Å²) >= 11 is 0. The Kier molecular flexibility index (Phi) is 2.55. The smallest absolute Gasteiger partial charge is 0.120 e. The second-order valence-electron chi connectivity index (χ2n) is 3.51. The zero-order chi connectivity index (χ0) is 9.97. The Labute approximate surface area is 83.8 Å². The Morgan fingerprint density at radius 2 is 2.43 bits per heavy atom.